The summed E-state index contributed by atoms with van der Waals surface area (Å²) in [7, 11) is 0.242. The lowest BCUT2D eigenvalue weighted by Crippen LogP contribution is -2.36. The number of hydrogen-bond donors (Lipinski definition) is 0. The van der Waals surface area contributed by atoms with Crippen LogP contribution in [0.4, 0.5) is 0 Å². The van der Waals surface area contributed by atoms with Crippen molar-refractivity contribution in [2.75, 3.05) is 7.11 Å². The van der Waals surface area contributed by atoms with Crippen LogP contribution < -0.4 is 4.74 Å². The van der Waals surface area contributed by atoms with Gasteiger partial charge in [-0.25, -0.2) is 0 Å². The number of hydrogen-bond acceptors (Lipinski definition) is 4. The van der Waals surface area contributed by atoms with Crippen LogP contribution in [0.1, 0.15) is 17.0 Å². The molecule has 0 bridgehead atoms. The Hall–Kier alpha value is -1.62. The summed E-state index contributed by atoms with van der Waals surface area (Å²) in [5.74, 6) is -0.441. The highest BCUT2D eigenvalue weighted by Gasteiger charge is 2.52. The fourth-order valence-corrected chi connectivity index (χ4v) is 5.58. The molecule has 1 heterocycles. The number of carbonyl (C=O) groups excluding carboxylic acids is 2. The number of benzene rings is 1. The van der Waals surface area contributed by atoms with E-state index in [4.69, 9.17) is 9.47 Å². The maximum atomic E-state index is 12.2. The van der Waals surface area contributed by atoms with Crippen LogP contribution in [0.15, 0.2) is 18.2 Å². The van der Waals surface area contributed by atoms with Gasteiger partial charge in [0.1, 0.15) is 5.75 Å². The minimum atomic E-state index is -1.40. The van der Waals surface area contributed by atoms with E-state index < -0.39 is 8.07 Å². The molecule has 1 aromatic carbocycles. The minimum absolute atomic E-state index is 0.0882. The highest BCUT2D eigenvalue weighted by Crippen LogP contribution is 2.48. The molecule has 1 aliphatic carbocycles. The number of cyclic esters (lactones) is 2. The van der Waals surface area contributed by atoms with E-state index in [0.29, 0.717) is 6.42 Å². The second-order valence-electron chi connectivity index (χ2n) is 7.51. The molecule has 118 valence electrons. The SMILES string of the molecule is COc1ccc2c(c1)C[C@H]1C(=O)OC(=O)[C@H]1[C@H]2C[Si](C)(C)C. The first kappa shape index (κ1) is 15.3. The fraction of sp³-hybridized carbons (Fsp3) is 0.529. The van der Waals surface area contributed by atoms with E-state index in [1.165, 1.54) is 5.56 Å². The van der Waals surface area contributed by atoms with Crippen molar-refractivity contribution in [2.24, 2.45) is 11.8 Å². The molecule has 3 atom stereocenters. The highest BCUT2D eigenvalue weighted by molar-refractivity contribution is 6.76. The Bertz CT molecular complexity index is 632. The molecule has 22 heavy (non-hydrogen) atoms. The Balaban J connectivity index is 2.08. The van der Waals surface area contributed by atoms with Gasteiger partial charge in [0.2, 0.25) is 0 Å². The lowest BCUT2D eigenvalue weighted by atomic mass is 9.70. The van der Waals surface area contributed by atoms with Crippen molar-refractivity contribution < 1.29 is 19.1 Å². The molecule has 1 saturated heterocycles. The third-order valence-corrected chi connectivity index (χ3v) is 6.33. The Morgan fingerprint density at radius 1 is 1.23 bits per heavy atom. The number of fused-ring (bicyclic) bond motifs is 2. The first-order valence-corrected chi connectivity index (χ1v) is 11.4. The first-order chi connectivity index (χ1) is 10.3. The molecule has 3 rings (SSSR count). The zero-order valence-electron chi connectivity index (χ0n) is 13.5. The van der Waals surface area contributed by atoms with Crippen LogP contribution in [-0.4, -0.2) is 27.1 Å². The molecule has 1 aliphatic heterocycles. The Morgan fingerprint density at radius 3 is 2.59 bits per heavy atom. The van der Waals surface area contributed by atoms with Gasteiger partial charge in [-0.05, 0) is 41.6 Å². The largest absolute Gasteiger partial charge is 0.497 e. The van der Waals surface area contributed by atoms with E-state index in [-0.39, 0.29) is 29.7 Å². The molecule has 0 unspecified atom stereocenters. The van der Waals surface area contributed by atoms with Crippen molar-refractivity contribution >= 4 is 20.0 Å². The first-order valence-electron chi connectivity index (χ1n) is 7.72. The molecule has 0 radical (unpaired) electrons. The third-order valence-electron chi connectivity index (χ3n) is 4.66. The van der Waals surface area contributed by atoms with Gasteiger partial charge in [0.05, 0.1) is 18.9 Å². The van der Waals surface area contributed by atoms with E-state index >= 15 is 0 Å². The van der Waals surface area contributed by atoms with Crippen molar-refractivity contribution in [1.82, 2.24) is 0 Å². The molecule has 0 spiro atoms. The monoisotopic (exact) mass is 318 g/mol. The molecular formula is C17H22O4Si. The molecule has 0 aromatic heterocycles. The van der Waals surface area contributed by atoms with Crippen molar-refractivity contribution in [1.29, 1.82) is 0 Å². The number of methoxy groups -OCH3 is 1. The third kappa shape index (κ3) is 2.58. The van der Waals surface area contributed by atoms with E-state index in [1.807, 2.05) is 12.1 Å². The van der Waals surface area contributed by atoms with Gasteiger partial charge >= 0.3 is 11.9 Å². The van der Waals surface area contributed by atoms with E-state index in [1.54, 1.807) is 7.11 Å². The van der Waals surface area contributed by atoms with Gasteiger partial charge in [0, 0.05) is 8.07 Å². The average molecular weight is 318 g/mol. The van der Waals surface area contributed by atoms with Crippen molar-refractivity contribution in [3.05, 3.63) is 29.3 Å². The molecule has 0 saturated carbocycles. The van der Waals surface area contributed by atoms with Gasteiger partial charge in [0.25, 0.3) is 0 Å². The average Bonchev–Trinajstić information content (AvgIpc) is 2.71. The second kappa shape index (κ2) is 5.23. The van der Waals surface area contributed by atoms with Crippen LogP contribution in [0.5, 0.6) is 5.75 Å². The second-order valence-corrected chi connectivity index (χ2v) is 13.0. The van der Waals surface area contributed by atoms with Gasteiger partial charge in [0.15, 0.2) is 0 Å². The number of esters is 2. The Morgan fingerprint density at radius 2 is 1.95 bits per heavy atom. The summed E-state index contributed by atoms with van der Waals surface area (Å²) in [6.45, 7) is 6.88. The van der Waals surface area contributed by atoms with Crippen LogP contribution >= 0.6 is 0 Å². The predicted molar refractivity (Wildman–Crippen MR) is 85.7 cm³/mol. The summed E-state index contributed by atoms with van der Waals surface area (Å²) >= 11 is 0. The molecule has 0 N–H and O–H groups in total. The summed E-state index contributed by atoms with van der Waals surface area (Å²) in [5, 5.41) is 0. The zero-order valence-corrected chi connectivity index (χ0v) is 14.5. The zero-order chi connectivity index (χ0) is 16.1. The molecule has 0 amide bonds. The predicted octanol–water partition coefficient (Wildman–Crippen LogP) is 2.99. The maximum Gasteiger partial charge on any atom is 0.318 e. The highest BCUT2D eigenvalue weighted by atomic mass is 28.3. The molecule has 1 fully saturated rings. The number of rotatable bonds is 3. The molecule has 4 nitrogen and oxygen atoms in total. The molecule has 5 heteroatoms. The lowest BCUT2D eigenvalue weighted by Gasteiger charge is -2.35. The Labute approximate surface area is 131 Å². The van der Waals surface area contributed by atoms with Crippen molar-refractivity contribution in [3.63, 3.8) is 0 Å². The van der Waals surface area contributed by atoms with Crippen molar-refractivity contribution in [2.45, 2.75) is 38.0 Å². The van der Waals surface area contributed by atoms with Gasteiger partial charge in [-0.3, -0.25) is 9.59 Å². The van der Waals surface area contributed by atoms with Crippen LogP contribution in [0.2, 0.25) is 25.7 Å². The summed E-state index contributed by atoms with van der Waals surface area (Å²) in [5.41, 5.74) is 2.31. The van der Waals surface area contributed by atoms with Crippen LogP contribution in [0.25, 0.3) is 0 Å². The molecule has 2 aliphatic rings. The van der Waals surface area contributed by atoms with Crippen LogP contribution in [0, 0.1) is 11.8 Å². The normalized spacial score (nSPS) is 27.2. The number of ether oxygens (including phenoxy) is 2. The number of carbonyl (C=O) groups is 2. The molecular weight excluding hydrogens is 296 g/mol. The van der Waals surface area contributed by atoms with Gasteiger partial charge in [-0.1, -0.05) is 25.7 Å². The van der Waals surface area contributed by atoms with Crippen LogP contribution in [0.3, 0.4) is 0 Å². The van der Waals surface area contributed by atoms with E-state index in [0.717, 1.165) is 17.4 Å². The summed E-state index contributed by atoms with van der Waals surface area (Å²) in [6, 6.07) is 6.98. The Kier molecular flexibility index (Phi) is 3.63. The minimum Gasteiger partial charge on any atom is -0.497 e. The fourth-order valence-electron chi connectivity index (χ4n) is 3.78. The smallest absolute Gasteiger partial charge is 0.318 e. The van der Waals surface area contributed by atoms with Gasteiger partial charge < -0.3 is 9.47 Å². The van der Waals surface area contributed by atoms with Gasteiger partial charge in [-0.15, -0.1) is 0 Å². The van der Waals surface area contributed by atoms with Crippen molar-refractivity contribution in [3.8, 4) is 5.75 Å². The maximum absolute atomic E-state index is 12.2. The lowest BCUT2D eigenvalue weighted by molar-refractivity contribution is -0.153. The summed E-state index contributed by atoms with van der Waals surface area (Å²) < 4.78 is 10.2. The topological polar surface area (TPSA) is 52.6 Å². The van der Waals surface area contributed by atoms with Gasteiger partial charge in [-0.2, -0.15) is 0 Å². The van der Waals surface area contributed by atoms with E-state index in [2.05, 4.69) is 25.7 Å². The summed E-state index contributed by atoms with van der Waals surface area (Å²) in [6.07, 6.45) is 0.573. The standard InChI is InChI=1S/C17H22O4Si/c1-20-11-5-6-12-10(7-11)8-13-15(17(19)21-16(13)18)14(12)9-22(2,3)4/h5-7,13-15H,8-9H2,1-4H3/t13-,14+,15-/m1/s1. The van der Waals surface area contributed by atoms with Crippen LogP contribution in [-0.2, 0) is 20.7 Å². The quantitative estimate of drug-likeness (QED) is 0.488. The summed E-state index contributed by atoms with van der Waals surface area (Å²) in [4.78, 5) is 24.2. The van der Waals surface area contributed by atoms with E-state index in [9.17, 15) is 9.59 Å². The molecule has 1 aromatic rings.